The first kappa shape index (κ1) is 22.4. The number of amides is 1. The van der Waals surface area contributed by atoms with Crippen LogP contribution in [0, 0.1) is 0 Å². The summed E-state index contributed by atoms with van der Waals surface area (Å²) >= 11 is 0. The number of H-pyrrole nitrogens is 1. The maximum atomic E-state index is 12.9. The summed E-state index contributed by atoms with van der Waals surface area (Å²) in [6, 6.07) is 8.25. The van der Waals surface area contributed by atoms with E-state index < -0.39 is 16.5 Å². The van der Waals surface area contributed by atoms with Crippen molar-refractivity contribution in [2.45, 2.75) is 19.4 Å². The molecule has 9 N–H and O–H groups in total. The van der Waals surface area contributed by atoms with Crippen LogP contribution in [0.15, 0.2) is 53.3 Å². The van der Waals surface area contributed by atoms with Gasteiger partial charge >= 0.3 is 5.95 Å². The lowest BCUT2D eigenvalue weighted by Crippen LogP contribution is -2.48. The number of nitrogens with one attached hydrogen (secondary N) is 3. The minimum absolute atomic E-state index is 0.0490. The first-order chi connectivity index (χ1) is 15.5. The fourth-order valence-electron chi connectivity index (χ4n) is 3.27. The number of anilines is 2. The van der Waals surface area contributed by atoms with Crippen molar-refractivity contribution >= 4 is 34.3 Å². The molecule has 3 heterocycles. The van der Waals surface area contributed by atoms with E-state index in [-0.39, 0.29) is 18.3 Å². The Labute approximate surface area is 191 Å². The Morgan fingerprint density at radius 2 is 2.09 bits per heavy atom. The highest BCUT2D eigenvalue weighted by atomic mass is 32.3. The lowest BCUT2D eigenvalue weighted by atomic mass is 10.1. The number of rotatable bonds is 6. The molecule has 4 rings (SSSR count). The molecule has 174 valence electrons. The zero-order valence-electron chi connectivity index (χ0n) is 17.9. The Kier molecular flexibility index (Phi) is 5.61. The molecule has 1 amide bonds. The van der Waals surface area contributed by atoms with E-state index in [1.54, 1.807) is 47.3 Å². The van der Waals surface area contributed by atoms with Crippen LogP contribution in [0.3, 0.4) is 0 Å². The molecule has 1 aromatic carbocycles. The van der Waals surface area contributed by atoms with Crippen LogP contribution in [-0.4, -0.2) is 43.0 Å². The molecule has 0 saturated heterocycles. The van der Waals surface area contributed by atoms with Crippen LogP contribution in [0.5, 0.6) is 5.75 Å². The van der Waals surface area contributed by atoms with Gasteiger partial charge in [0.15, 0.2) is 5.84 Å². The van der Waals surface area contributed by atoms with E-state index in [2.05, 4.69) is 24.4 Å². The second kappa shape index (κ2) is 8.27. The molecule has 0 spiro atoms. The number of hydrogen-bond donors (Lipinski definition) is 7. The third-order valence-electron chi connectivity index (χ3n) is 4.76. The number of ether oxygens (including phenoxy) is 1. The summed E-state index contributed by atoms with van der Waals surface area (Å²) in [6.07, 6.45) is 4.91. The number of benzene rings is 1. The minimum atomic E-state index is -3.39. The molecule has 13 heteroatoms. The van der Waals surface area contributed by atoms with Gasteiger partial charge in [0, 0.05) is 11.6 Å². The zero-order valence-corrected chi connectivity index (χ0v) is 18.8. The molecule has 0 radical (unpaired) electrons. The van der Waals surface area contributed by atoms with Crippen molar-refractivity contribution < 1.29 is 23.2 Å². The third kappa shape index (κ3) is 4.84. The van der Waals surface area contributed by atoms with Crippen molar-refractivity contribution in [1.29, 1.82) is 0 Å². The number of aromatic nitrogens is 3. The van der Waals surface area contributed by atoms with E-state index >= 15 is 0 Å². The number of fused-ring (bicyclic) bond motifs is 1. The Morgan fingerprint density at radius 1 is 1.30 bits per heavy atom. The lowest BCUT2D eigenvalue weighted by Gasteiger charge is -2.34. The summed E-state index contributed by atoms with van der Waals surface area (Å²) < 4.78 is 33.4. The fraction of sp³-hybridized carbons (Fsp3) is 0.200. The van der Waals surface area contributed by atoms with Crippen LogP contribution in [0.4, 0.5) is 11.6 Å². The van der Waals surface area contributed by atoms with Crippen LogP contribution < -0.4 is 30.8 Å². The summed E-state index contributed by atoms with van der Waals surface area (Å²) in [6.45, 7) is 3.73. The molecule has 3 aromatic rings. The van der Waals surface area contributed by atoms with Crippen molar-refractivity contribution in [3.8, 4) is 11.6 Å². The Hall–Kier alpha value is -3.81. The van der Waals surface area contributed by atoms with Crippen LogP contribution in [-0.2, 0) is 0 Å². The smallest absolute Gasteiger partial charge is 0.316 e. The van der Waals surface area contributed by atoms with E-state index in [0.717, 1.165) is 0 Å². The van der Waals surface area contributed by atoms with Gasteiger partial charge in [-0.2, -0.15) is 4.57 Å². The second-order valence-corrected chi connectivity index (χ2v) is 9.45. The molecule has 0 fully saturated rings. The molecule has 12 nitrogen and oxygen atoms in total. The summed E-state index contributed by atoms with van der Waals surface area (Å²) in [5.74, 6) is 0.919. The van der Waals surface area contributed by atoms with Crippen molar-refractivity contribution in [2.24, 2.45) is 10.1 Å². The number of carbonyl (C=O) groups is 1. The average Bonchev–Trinajstić information content (AvgIpc) is 3.17. The number of hydrogen-bond acceptors (Lipinski definition) is 9. The van der Waals surface area contributed by atoms with Gasteiger partial charge in [0.25, 0.3) is 5.91 Å². The molecule has 1 aliphatic heterocycles. The van der Waals surface area contributed by atoms with E-state index in [1.165, 1.54) is 6.20 Å². The van der Waals surface area contributed by atoms with Gasteiger partial charge in [0.1, 0.15) is 12.4 Å². The lowest BCUT2D eigenvalue weighted by molar-refractivity contribution is -0.582. The topological polar surface area (TPSA) is 188 Å². The molecule has 0 unspecified atom stereocenters. The van der Waals surface area contributed by atoms with Crippen molar-refractivity contribution in [3.63, 3.8) is 0 Å². The van der Waals surface area contributed by atoms with E-state index in [9.17, 15) is 13.9 Å². The number of aromatic amines is 1. The fourth-order valence-corrected chi connectivity index (χ4v) is 4.14. The van der Waals surface area contributed by atoms with Crippen molar-refractivity contribution in [2.75, 3.05) is 17.1 Å². The van der Waals surface area contributed by atoms with Crippen LogP contribution in [0.25, 0.3) is 5.82 Å². The van der Waals surface area contributed by atoms with Gasteiger partial charge in [-0.25, -0.2) is 0 Å². The van der Waals surface area contributed by atoms with Gasteiger partial charge < -0.3 is 21.5 Å². The van der Waals surface area contributed by atoms with Crippen LogP contribution in [0.1, 0.15) is 29.8 Å². The normalized spacial score (nSPS) is 15.6. The van der Waals surface area contributed by atoms with Gasteiger partial charge in [0.2, 0.25) is 5.82 Å². The number of nitrogen functional groups attached to an aromatic ring is 1. The molecule has 33 heavy (non-hydrogen) atoms. The number of amidine groups is 1. The molecule has 2 aromatic heterocycles. The van der Waals surface area contributed by atoms with Gasteiger partial charge in [-0.1, -0.05) is 6.07 Å². The molecule has 1 aliphatic rings. The largest absolute Gasteiger partial charge is 0.490 e. The predicted octanol–water partition coefficient (Wildman–Crippen LogP) is 1.57. The summed E-state index contributed by atoms with van der Waals surface area (Å²) in [4.78, 5) is 20.0. The summed E-state index contributed by atoms with van der Waals surface area (Å²) in [7, 11) is -3.39. The van der Waals surface area contributed by atoms with Gasteiger partial charge in [-0.3, -0.25) is 23.6 Å². The number of nitrogens with two attached hydrogens (primary N) is 2. The number of nitrogens with zero attached hydrogens (tertiary/aromatic N) is 3. The molecule has 0 saturated carbocycles. The first-order valence-corrected chi connectivity index (χ1v) is 11.4. The summed E-state index contributed by atoms with van der Waals surface area (Å²) in [5, 5.41) is 2.94. The van der Waals surface area contributed by atoms with Crippen LogP contribution in [0.2, 0.25) is 0 Å². The summed E-state index contributed by atoms with van der Waals surface area (Å²) in [5.41, 5.74) is 12.3. The molecule has 0 bridgehead atoms. The number of pyridine rings is 1. The third-order valence-corrected chi connectivity index (χ3v) is 5.71. The van der Waals surface area contributed by atoms with E-state index in [0.29, 0.717) is 34.3 Å². The highest BCUT2D eigenvalue weighted by Gasteiger charge is 2.27. The maximum Gasteiger partial charge on any atom is 0.316 e. The Balaban J connectivity index is 1.47. The van der Waals surface area contributed by atoms with Gasteiger partial charge in [-0.15, -0.1) is 9.38 Å². The maximum absolute atomic E-state index is 12.9. The van der Waals surface area contributed by atoms with Crippen LogP contribution >= 0.6 is 11.0 Å². The van der Waals surface area contributed by atoms with E-state index in [1.807, 2.05) is 13.8 Å². The molecule has 0 aliphatic carbocycles. The van der Waals surface area contributed by atoms with Crippen molar-refractivity contribution in [3.05, 3.63) is 60.0 Å². The molecule has 0 atom stereocenters. The quantitative estimate of drug-likeness (QED) is 0.263. The molecular formula is C20H25N8O4S+. The Morgan fingerprint density at radius 3 is 2.82 bits per heavy atom. The SMILES string of the molecule is CC(C)(COc1cccc2c1C(N)=NS(O)(O)N2)NC(=O)c1ccnc(-[n+]2cc[nH]c2N)c1. The zero-order chi connectivity index (χ0) is 23.8. The second-order valence-electron chi connectivity index (χ2n) is 8.02. The highest BCUT2D eigenvalue weighted by Crippen LogP contribution is 2.46. The average molecular weight is 474 g/mol. The van der Waals surface area contributed by atoms with Crippen molar-refractivity contribution in [1.82, 2.24) is 15.3 Å². The van der Waals surface area contributed by atoms with Gasteiger partial charge in [-0.05, 0) is 43.0 Å². The number of imidazole rings is 1. The standard InChI is InChI=1S/C20H24N8O4S/c1-20(2,11-32-14-5-3-4-13-16(14)17(21)27-33(30,31)26-13)25-18(29)12-6-7-23-15(10-12)28-9-8-24-19(28)22/h3-10H,11H2,1-2H3,(H8,21,22,24,25,26,27,29,30,31)/p+1. The minimum Gasteiger partial charge on any atom is -0.490 e. The number of carbonyl (C=O) groups excluding carboxylic acids is 1. The highest BCUT2D eigenvalue weighted by molar-refractivity contribution is 8.24. The molecular weight excluding hydrogens is 448 g/mol. The predicted molar refractivity (Wildman–Crippen MR) is 125 cm³/mol. The van der Waals surface area contributed by atoms with Gasteiger partial charge in [0.05, 0.1) is 35.4 Å². The Bertz CT molecular complexity index is 1240. The van der Waals surface area contributed by atoms with E-state index in [4.69, 9.17) is 16.2 Å². The first-order valence-electron chi connectivity index (χ1n) is 9.86. The monoisotopic (exact) mass is 473 g/mol.